The molecular formula is C23H14F4N2O2S. The number of nitrogens with zero attached hydrogens (tertiary/aromatic N) is 1. The third-order valence-corrected chi connectivity index (χ3v) is 5.29. The summed E-state index contributed by atoms with van der Waals surface area (Å²) in [7, 11) is 0. The van der Waals surface area contributed by atoms with Crippen LogP contribution in [0.15, 0.2) is 66.0 Å². The molecule has 1 aromatic heterocycles. The number of ether oxygens (including phenoxy) is 1. The van der Waals surface area contributed by atoms with Crippen molar-refractivity contribution in [3.8, 4) is 16.3 Å². The van der Waals surface area contributed by atoms with Gasteiger partial charge in [0.25, 0.3) is 5.91 Å². The maximum absolute atomic E-state index is 14.6. The SMILES string of the molecule is O=C(Nc1ccc(F)cc1)c1csc(-c2ccc(OCc3cc(F)ccc3F)cc2F)n1. The molecule has 0 saturated carbocycles. The van der Waals surface area contributed by atoms with Crippen LogP contribution in [0.2, 0.25) is 0 Å². The van der Waals surface area contributed by atoms with Gasteiger partial charge in [0.1, 0.15) is 46.3 Å². The average molecular weight is 458 g/mol. The van der Waals surface area contributed by atoms with Crippen LogP contribution in [-0.4, -0.2) is 10.9 Å². The summed E-state index contributed by atoms with van der Waals surface area (Å²) in [5.74, 6) is -2.70. The van der Waals surface area contributed by atoms with Crippen LogP contribution < -0.4 is 10.1 Å². The first kappa shape index (κ1) is 21.5. The van der Waals surface area contributed by atoms with Gasteiger partial charge in [0, 0.05) is 28.3 Å². The molecule has 0 unspecified atom stereocenters. The van der Waals surface area contributed by atoms with Crippen LogP contribution in [0.5, 0.6) is 5.75 Å². The van der Waals surface area contributed by atoms with Crippen molar-refractivity contribution in [3.05, 3.63) is 101 Å². The van der Waals surface area contributed by atoms with Crippen LogP contribution in [0.4, 0.5) is 23.2 Å². The van der Waals surface area contributed by atoms with Crippen molar-refractivity contribution in [3.63, 3.8) is 0 Å². The Kier molecular flexibility index (Phi) is 6.18. The number of halogens is 4. The second kappa shape index (κ2) is 9.19. The van der Waals surface area contributed by atoms with Crippen molar-refractivity contribution >= 4 is 22.9 Å². The van der Waals surface area contributed by atoms with Crippen LogP contribution >= 0.6 is 11.3 Å². The van der Waals surface area contributed by atoms with Crippen LogP contribution in [0.1, 0.15) is 16.1 Å². The Balaban J connectivity index is 1.45. The Hall–Kier alpha value is -3.72. The molecule has 0 aliphatic carbocycles. The largest absolute Gasteiger partial charge is 0.489 e. The summed E-state index contributed by atoms with van der Waals surface area (Å²) in [6, 6.07) is 12.2. The number of carbonyl (C=O) groups is 1. The summed E-state index contributed by atoms with van der Waals surface area (Å²) < 4.78 is 59.9. The van der Waals surface area contributed by atoms with Crippen LogP contribution in [0, 0.1) is 23.3 Å². The Morgan fingerprint density at radius 3 is 2.41 bits per heavy atom. The molecule has 3 aromatic carbocycles. The lowest BCUT2D eigenvalue weighted by molar-refractivity contribution is 0.102. The van der Waals surface area contributed by atoms with Crippen LogP contribution in [-0.2, 0) is 6.61 Å². The van der Waals surface area contributed by atoms with Gasteiger partial charge >= 0.3 is 0 Å². The summed E-state index contributed by atoms with van der Waals surface area (Å²) in [5, 5.41) is 4.33. The first-order chi connectivity index (χ1) is 15.4. The van der Waals surface area contributed by atoms with E-state index in [1.807, 2.05) is 0 Å². The number of carbonyl (C=O) groups excluding carboxylic acids is 1. The monoisotopic (exact) mass is 458 g/mol. The molecule has 0 fully saturated rings. The summed E-state index contributed by atoms with van der Waals surface area (Å²) in [4.78, 5) is 16.5. The molecule has 162 valence electrons. The molecule has 4 rings (SSSR count). The quantitative estimate of drug-likeness (QED) is 0.350. The van der Waals surface area contributed by atoms with Gasteiger partial charge in [-0.3, -0.25) is 4.79 Å². The number of anilines is 1. The number of rotatable bonds is 6. The van der Waals surface area contributed by atoms with E-state index in [0.717, 1.165) is 35.6 Å². The van der Waals surface area contributed by atoms with E-state index in [0.29, 0.717) is 5.69 Å². The number of amides is 1. The number of aromatic nitrogens is 1. The molecule has 0 bridgehead atoms. The maximum Gasteiger partial charge on any atom is 0.275 e. The molecule has 9 heteroatoms. The predicted octanol–water partition coefficient (Wildman–Crippen LogP) is 6.20. The van der Waals surface area contributed by atoms with E-state index in [-0.39, 0.29) is 34.2 Å². The first-order valence-electron chi connectivity index (χ1n) is 9.28. The lowest BCUT2D eigenvalue weighted by atomic mass is 10.2. The van der Waals surface area contributed by atoms with Gasteiger partial charge in [0.05, 0.1) is 0 Å². The average Bonchev–Trinajstić information content (AvgIpc) is 3.26. The van der Waals surface area contributed by atoms with Gasteiger partial charge in [0.2, 0.25) is 0 Å². The highest BCUT2D eigenvalue weighted by molar-refractivity contribution is 7.13. The molecule has 1 N–H and O–H groups in total. The van der Waals surface area contributed by atoms with Crippen molar-refractivity contribution in [2.45, 2.75) is 6.61 Å². The first-order valence-corrected chi connectivity index (χ1v) is 10.2. The van der Waals surface area contributed by atoms with Gasteiger partial charge in [0.15, 0.2) is 0 Å². The van der Waals surface area contributed by atoms with Crippen molar-refractivity contribution in [2.75, 3.05) is 5.32 Å². The Bertz CT molecular complexity index is 1280. The van der Waals surface area contributed by atoms with E-state index in [4.69, 9.17) is 4.74 Å². The summed E-state index contributed by atoms with van der Waals surface area (Å²) in [6.45, 7) is -0.270. The summed E-state index contributed by atoms with van der Waals surface area (Å²) in [5.41, 5.74) is 0.635. The van der Waals surface area contributed by atoms with Gasteiger partial charge < -0.3 is 10.1 Å². The van der Waals surface area contributed by atoms with E-state index in [1.54, 1.807) is 0 Å². The third-order valence-electron chi connectivity index (χ3n) is 4.41. The number of hydrogen-bond acceptors (Lipinski definition) is 4. The van der Waals surface area contributed by atoms with Gasteiger partial charge in [-0.15, -0.1) is 11.3 Å². The zero-order valence-electron chi connectivity index (χ0n) is 16.2. The molecule has 0 atom stereocenters. The molecular weight excluding hydrogens is 444 g/mol. The van der Waals surface area contributed by atoms with Crippen molar-refractivity contribution < 1.29 is 27.1 Å². The van der Waals surface area contributed by atoms with Crippen LogP contribution in [0.25, 0.3) is 10.6 Å². The lowest BCUT2D eigenvalue weighted by Crippen LogP contribution is -2.12. The number of hydrogen-bond donors (Lipinski definition) is 1. The molecule has 0 radical (unpaired) electrons. The maximum atomic E-state index is 14.6. The molecule has 0 aliphatic rings. The van der Waals surface area contributed by atoms with E-state index in [2.05, 4.69) is 10.3 Å². The van der Waals surface area contributed by atoms with E-state index in [9.17, 15) is 22.4 Å². The molecule has 1 heterocycles. The molecule has 0 saturated heterocycles. The Labute approximate surface area is 184 Å². The molecule has 4 nitrogen and oxygen atoms in total. The fraction of sp³-hybridized carbons (Fsp3) is 0.0435. The van der Waals surface area contributed by atoms with Crippen molar-refractivity contribution in [2.24, 2.45) is 0 Å². The zero-order valence-corrected chi connectivity index (χ0v) is 17.1. The second-order valence-electron chi connectivity index (χ2n) is 6.66. The predicted molar refractivity (Wildman–Crippen MR) is 113 cm³/mol. The highest BCUT2D eigenvalue weighted by Crippen LogP contribution is 2.29. The van der Waals surface area contributed by atoms with E-state index >= 15 is 0 Å². The summed E-state index contributed by atoms with van der Waals surface area (Å²) >= 11 is 1.07. The standard InChI is InChI=1S/C23H14F4N2O2S/c24-14-1-4-16(5-2-14)28-22(30)21-12-32-23(29-21)18-7-6-17(10-20(18)27)31-11-13-9-15(25)3-8-19(13)26/h1-10,12H,11H2,(H,28,30). The minimum absolute atomic E-state index is 0.00576. The van der Waals surface area contributed by atoms with E-state index in [1.165, 1.54) is 41.8 Å². The van der Waals surface area contributed by atoms with Crippen LogP contribution in [0.3, 0.4) is 0 Å². The highest BCUT2D eigenvalue weighted by Gasteiger charge is 2.16. The second-order valence-corrected chi connectivity index (χ2v) is 7.52. The van der Waals surface area contributed by atoms with Gasteiger partial charge in [-0.1, -0.05) is 0 Å². The minimum atomic E-state index is -0.651. The highest BCUT2D eigenvalue weighted by atomic mass is 32.1. The molecule has 0 aliphatic heterocycles. The normalized spacial score (nSPS) is 10.8. The fourth-order valence-electron chi connectivity index (χ4n) is 2.80. The van der Waals surface area contributed by atoms with Crippen molar-refractivity contribution in [1.82, 2.24) is 4.98 Å². The van der Waals surface area contributed by atoms with Gasteiger partial charge in [-0.2, -0.15) is 0 Å². The number of benzene rings is 3. The smallest absolute Gasteiger partial charge is 0.275 e. The lowest BCUT2D eigenvalue weighted by Gasteiger charge is -2.08. The summed E-state index contributed by atoms with van der Waals surface area (Å²) in [6.07, 6.45) is 0. The molecule has 1 amide bonds. The fourth-order valence-corrected chi connectivity index (χ4v) is 3.63. The molecule has 4 aromatic rings. The Morgan fingerprint density at radius 1 is 0.906 bits per heavy atom. The van der Waals surface area contributed by atoms with Crippen molar-refractivity contribution in [1.29, 1.82) is 0 Å². The number of thiazole rings is 1. The zero-order chi connectivity index (χ0) is 22.7. The van der Waals surface area contributed by atoms with Gasteiger partial charge in [-0.25, -0.2) is 22.5 Å². The van der Waals surface area contributed by atoms with E-state index < -0.39 is 29.2 Å². The Morgan fingerprint density at radius 2 is 1.66 bits per heavy atom. The molecule has 32 heavy (non-hydrogen) atoms. The van der Waals surface area contributed by atoms with Gasteiger partial charge in [-0.05, 0) is 54.6 Å². The number of nitrogens with one attached hydrogen (secondary N) is 1. The third kappa shape index (κ3) is 4.94. The minimum Gasteiger partial charge on any atom is -0.489 e. The molecule has 0 spiro atoms. The topological polar surface area (TPSA) is 51.2 Å².